The van der Waals surface area contributed by atoms with E-state index >= 15 is 0 Å². The molecule has 4 aromatic rings. The molecule has 0 saturated carbocycles. The molecule has 2 aromatic heterocycles. The van der Waals surface area contributed by atoms with Crippen molar-refractivity contribution < 1.29 is 5.21 Å². The molecule has 4 rings (SSSR count). The predicted molar refractivity (Wildman–Crippen MR) is 105 cm³/mol. The molecule has 0 saturated heterocycles. The van der Waals surface area contributed by atoms with Gasteiger partial charge in [0.15, 0.2) is 0 Å². The zero-order valence-electron chi connectivity index (χ0n) is 13.6. The summed E-state index contributed by atoms with van der Waals surface area (Å²) in [5.74, 6) is 0.380. The summed E-state index contributed by atoms with van der Waals surface area (Å²) in [6.45, 7) is 4.24. The normalized spacial score (nSPS) is 14.3. The lowest BCUT2D eigenvalue weighted by Gasteiger charge is -2.09. The van der Waals surface area contributed by atoms with Crippen molar-refractivity contribution >= 4 is 42.8 Å². The highest BCUT2D eigenvalue weighted by Crippen LogP contribution is 2.37. The Balaban J connectivity index is 1.72. The van der Waals surface area contributed by atoms with E-state index in [4.69, 9.17) is 5.21 Å². The van der Waals surface area contributed by atoms with Crippen LogP contribution in [0.15, 0.2) is 54.6 Å². The van der Waals surface area contributed by atoms with Gasteiger partial charge in [0.1, 0.15) is 0 Å². The third-order valence-electron chi connectivity index (χ3n) is 4.55. The molecular weight excluding hydrogens is 334 g/mol. The minimum absolute atomic E-state index is 0.0362. The smallest absolute Gasteiger partial charge is 0.0634 e. The summed E-state index contributed by atoms with van der Waals surface area (Å²) in [4.78, 5) is 2.55. The Labute approximate surface area is 149 Å². The lowest BCUT2D eigenvalue weighted by molar-refractivity contribution is 0.135. The molecule has 0 amide bonds. The van der Waals surface area contributed by atoms with E-state index < -0.39 is 0 Å². The van der Waals surface area contributed by atoms with Gasteiger partial charge in [-0.2, -0.15) is 5.48 Å². The fourth-order valence-electron chi connectivity index (χ4n) is 2.99. The van der Waals surface area contributed by atoms with Gasteiger partial charge in [-0.15, -0.1) is 22.7 Å². The van der Waals surface area contributed by atoms with Gasteiger partial charge in [0.05, 0.1) is 6.04 Å². The lowest BCUT2D eigenvalue weighted by Crippen LogP contribution is -2.11. The molecule has 2 heterocycles. The first-order valence-electron chi connectivity index (χ1n) is 8.07. The van der Waals surface area contributed by atoms with E-state index in [1.54, 1.807) is 11.3 Å². The maximum atomic E-state index is 9.13. The van der Waals surface area contributed by atoms with Crippen LogP contribution in [0.2, 0.25) is 0 Å². The second-order valence-corrected chi connectivity index (χ2v) is 8.44. The first kappa shape index (κ1) is 15.8. The van der Waals surface area contributed by atoms with E-state index in [2.05, 4.69) is 67.0 Å². The summed E-state index contributed by atoms with van der Waals surface area (Å²) in [6, 6.07) is 19.7. The summed E-state index contributed by atoms with van der Waals surface area (Å²) in [5.41, 5.74) is 3.67. The molecule has 0 aliphatic rings. The Bertz CT molecular complexity index is 968. The van der Waals surface area contributed by atoms with Gasteiger partial charge in [0, 0.05) is 25.1 Å². The number of hydrogen-bond donors (Lipinski definition) is 2. The maximum Gasteiger partial charge on any atom is 0.0634 e. The number of thiophene rings is 2. The second-order valence-electron chi connectivity index (χ2n) is 6.21. The van der Waals surface area contributed by atoms with Crippen LogP contribution in [0.25, 0.3) is 20.2 Å². The molecule has 122 valence electrons. The minimum atomic E-state index is -0.0362. The van der Waals surface area contributed by atoms with Crippen molar-refractivity contribution in [2.45, 2.75) is 25.8 Å². The second kappa shape index (κ2) is 6.30. The van der Waals surface area contributed by atoms with Crippen LogP contribution in [0.3, 0.4) is 0 Å². The molecule has 0 spiro atoms. The topological polar surface area (TPSA) is 32.3 Å². The number of fused-ring (bicyclic) bond motifs is 2. The number of nitrogens with one attached hydrogen (secondary N) is 1. The standard InChI is InChI=1S/C20H19NOS2/c1-12(18-10-15-5-3-4-6-17(15)23-18)14-7-8-16-11-19(13(2)21-22)24-20(16)9-14/h3-13,21-22H,1-2H3. The van der Waals surface area contributed by atoms with Crippen LogP contribution in [0.5, 0.6) is 0 Å². The zero-order chi connectivity index (χ0) is 16.7. The number of hydroxylamine groups is 1. The van der Waals surface area contributed by atoms with Crippen molar-refractivity contribution in [3.63, 3.8) is 0 Å². The molecule has 2 unspecified atom stereocenters. The highest BCUT2D eigenvalue weighted by molar-refractivity contribution is 7.19. The third kappa shape index (κ3) is 2.76. The highest BCUT2D eigenvalue weighted by Gasteiger charge is 2.14. The predicted octanol–water partition coefficient (Wildman–Crippen LogP) is 6.31. The van der Waals surface area contributed by atoms with Crippen LogP contribution in [0.1, 0.15) is 41.1 Å². The monoisotopic (exact) mass is 353 g/mol. The van der Waals surface area contributed by atoms with E-state index in [9.17, 15) is 0 Å². The Morgan fingerprint density at radius 3 is 2.33 bits per heavy atom. The number of rotatable bonds is 4. The highest BCUT2D eigenvalue weighted by atomic mass is 32.1. The molecular formula is C20H19NOS2. The summed E-state index contributed by atoms with van der Waals surface area (Å²) in [7, 11) is 0. The summed E-state index contributed by atoms with van der Waals surface area (Å²) in [5, 5.41) is 11.7. The average Bonchev–Trinajstić information content (AvgIpc) is 3.23. The molecule has 2 atom stereocenters. The van der Waals surface area contributed by atoms with E-state index in [0.717, 1.165) is 4.88 Å². The van der Waals surface area contributed by atoms with Crippen LogP contribution >= 0.6 is 22.7 Å². The Morgan fingerprint density at radius 2 is 1.54 bits per heavy atom. The van der Waals surface area contributed by atoms with Crippen LogP contribution in [-0.2, 0) is 0 Å². The SMILES string of the molecule is CC(NO)c1cc2ccc(C(C)c3cc4ccccc4s3)cc2s1. The third-order valence-corrected chi connectivity index (χ3v) is 7.13. The van der Waals surface area contributed by atoms with E-state index in [1.165, 1.54) is 30.6 Å². The first-order chi connectivity index (χ1) is 11.7. The summed E-state index contributed by atoms with van der Waals surface area (Å²) in [6.07, 6.45) is 0. The van der Waals surface area contributed by atoms with Gasteiger partial charge in [0.25, 0.3) is 0 Å². The Morgan fingerprint density at radius 1 is 0.833 bits per heavy atom. The van der Waals surface area contributed by atoms with Gasteiger partial charge in [-0.3, -0.25) is 0 Å². The minimum Gasteiger partial charge on any atom is -0.316 e. The van der Waals surface area contributed by atoms with Gasteiger partial charge in [0.2, 0.25) is 0 Å². The van der Waals surface area contributed by atoms with E-state index in [0.29, 0.717) is 5.92 Å². The van der Waals surface area contributed by atoms with Gasteiger partial charge < -0.3 is 5.21 Å². The first-order valence-corrected chi connectivity index (χ1v) is 9.70. The van der Waals surface area contributed by atoms with Crippen molar-refractivity contribution in [3.8, 4) is 0 Å². The molecule has 4 heteroatoms. The zero-order valence-corrected chi connectivity index (χ0v) is 15.2. The van der Waals surface area contributed by atoms with Crippen LogP contribution in [0.4, 0.5) is 0 Å². The van der Waals surface area contributed by atoms with Crippen molar-refractivity contribution in [3.05, 3.63) is 69.9 Å². The molecule has 0 aliphatic carbocycles. The molecule has 0 bridgehead atoms. The van der Waals surface area contributed by atoms with E-state index in [1.807, 2.05) is 18.3 Å². The van der Waals surface area contributed by atoms with Gasteiger partial charge in [-0.1, -0.05) is 37.3 Å². The Kier molecular flexibility index (Phi) is 4.14. The molecule has 24 heavy (non-hydrogen) atoms. The van der Waals surface area contributed by atoms with Crippen molar-refractivity contribution in [1.29, 1.82) is 0 Å². The number of benzene rings is 2. The van der Waals surface area contributed by atoms with Gasteiger partial charge in [-0.05, 0) is 47.5 Å². The van der Waals surface area contributed by atoms with Crippen molar-refractivity contribution in [2.24, 2.45) is 0 Å². The van der Waals surface area contributed by atoms with Crippen LogP contribution < -0.4 is 5.48 Å². The van der Waals surface area contributed by atoms with Gasteiger partial charge in [-0.25, -0.2) is 0 Å². The molecule has 0 fully saturated rings. The molecule has 2 nitrogen and oxygen atoms in total. The average molecular weight is 354 g/mol. The Hall–Kier alpha value is -1.72. The molecule has 2 N–H and O–H groups in total. The summed E-state index contributed by atoms with van der Waals surface area (Å²) < 4.78 is 2.62. The molecule has 0 aliphatic heterocycles. The quantitative estimate of drug-likeness (QED) is 0.421. The maximum absolute atomic E-state index is 9.13. The molecule has 0 radical (unpaired) electrons. The van der Waals surface area contributed by atoms with Gasteiger partial charge >= 0.3 is 0 Å². The largest absolute Gasteiger partial charge is 0.316 e. The van der Waals surface area contributed by atoms with Crippen molar-refractivity contribution in [1.82, 2.24) is 5.48 Å². The fourth-order valence-corrected chi connectivity index (χ4v) is 5.25. The lowest BCUT2D eigenvalue weighted by atomic mass is 9.98. The van der Waals surface area contributed by atoms with Crippen molar-refractivity contribution in [2.75, 3.05) is 0 Å². The fraction of sp³-hybridized carbons (Fsp3) is 0.200. The van der Waals surface area contributed by atoms with E-state index in [-0.39, 0.29) is 6.04 Å². The molecule has 2 aromatic carbocycles. The number of hydrogen-bond acceptors (Lipinski definition) is 4. The van der Waals surface area contributed by atoms with Crippen LogP contribution in [0, 0.1) is 0 Å². The summed E-state index contributed by atoms with van der Waals surface area (Å²) >= 11 is 3.62. The van der Waals surface area contributed by atoms with Crippen LogP contribution in [-0.4, -0.2) is 5.21 Å².